The zero-order valence-electron chi connectivity index (χ0n) is 13.7. The van der Waals surface area contributed by atoms with Gasteiger partial charge in [-0.05, 0) is 83.2 Å². The smallest absolute Gasteiger partial charge is 0.00675 e. The van der Waals surface area contributed by atoms with Crippen molar-refractivity contribution in [2.75, 3.05) is 19.6 Å². The fraction of sp³-hybridized carbons (Fsp3) is 1.00. The van der Waals surface area contributed by atoms with Crippen LogP contribution in [-0.2, 0) is 0 Å². The van der Waals surface area contributed by atoms with Crippen molar-refractivity contribution in [2.24, 2.45) is 11.3 Å². The van der Waals surface area contributed by atoms with E-state index in [4.69, 9.17) is 0 Å². The van der Waals surface area contributed by atoms with Crippen molar-refractivity contribution < 1.29 is 0 Å². The van der Waals surface area contributed by atoms with Crippen molar-refractivity contribution in [3.05, 3.63) is 0 Å². The lowest BCUT2D eigenvalue weighted by molar-refractivity contribution is 0.165. The number of likely N-dealkylation sites (tertiary alicyclic amines) is 1. The van der Waals surface area contributed by atoms with Gasteiger partial charge in [0.1, 0.15) is 0 Å². The van der Waals surface area contributed by atoms with Gasteiger partial charge in [-0.25, -0.2) is 0 Å². The second-order valence-electron chi connectivity index (χ2n) is 8.13. The highest BCUT2D eigenvalue weighted by Crippen LogP contribution is 2.48. The van der Waals surface area contributed by atoms with Crippen molar-refractivity contribution in [1.82, 2.24) is 10.2 Å². The Balaban J connectivity index is 1.36. The quantitative estimate of drug-likeness (QED) is 0.841. The molecule has 1 atom stereocenters. The monoisotopic (exact) mass is 278 g/mol. The van der Waals surface area contributed by atoms with Crippen molar-refractivity contribution in [3.8, 4) is 0 Å². The molecule has 116 valence electrons. The zero-order chi connectivity index (χ0) is 14.0. The van der Waals surface area contributed by atoms with Gasteiger partial charge in [-0.15, -0.1) is 0 Å². The van der Waals surface area contributed by atoms with Crippen molar-refractivity contribution in [1.29, 1.82) is 0 Å². The topological polar surface area (TPSA) is 15.3 Å². The second kappa shape index (κ2) is 6.36. The molecule has 0 amide bonds. The molecule has 3 fully saturated rings. The van der Waals surface area contributed by atoms with E-state index in [-0.39, 0.29) is 0 Å². The predicted molar refractivity (Wildman–Crippen MR) is 86.0 cm³/mol. The lowest BCUT2D eigenvalue weighted by atomic mass is 9.71. The van der Waals surface area contributed by atoms with E-state index in [1.165, 1.54) is 77.4 Å². The van der Waals surface area contributed by atoms with E-state index < -0.39 is 0 Å². The predicted octanol–water partition coefficient (Wildman–Crippen LogP) is 3.81. The van der Waals surface area contributed by atoms with Crippen molar-refractivity contribution in [3.63, 3.8) is 0 Å². The first-order valence-electron chi connectivity index (χ1n) is 9.14. The van der Waals surface area contributed by atoms with Gasteiger partial charge < -0.3 is 10.2 Å². The van der Waals surface area contributed by atoms with E-state index in [9.17, 15) is 0 Å². The number of hydrogen-bond donors (Lipinski definition) is 1. The van der Waals surface area contributed by atoms with Crippen LogP contribution in [0.3, 0.4) is 0 Å². The van der Waals surface area contributed by atoms with Crippen LogP contribution < -0.4 is 5.32 Å². The summed E-state index contributed by atoms with van der Waals surface area (Å²) in [7, 11) is 0. The summed E-state index contributed by atoms with van der Waals surface area (Å²) in [5.74, 6) is 0.903. The van der Waals surface area contributed by atoms with Crippen LogP contribution in [0.1, 0.15) is 71.6 Å². The summed E-state index contributed by atoms with van der Waals surface area (Å²) < 4.78 is 0. The second-order valence-corrected chi connectivity index (χ2v) is 8.13. The maximum Gasteiger partial charge on any atom is 0.00675 e. The standard InChI is InChI=1S/C18H34N2/c1-15(2)20-12-7-16(14-20)13-19-17-5-10-18(11-6-17)8-3-4-9-18/h15-17,19H,3-14H2,1-2H3. The summed E-state index contributed by atoms with van der Waals surface area (Å²) in [4.78, 5) is 2.64. The molecule has 0 radical (unpaired) electrons. The third kappa shape index (κ3) is 3.39. The molecule has 3 rings (SSSR count). The van der Waals surface area contributed by atoms with Gasteiger partial charge in [0.15, 0.2) is 0 Å². The average molecular weight is 278 g/mol. The molecule has 2 aliphatic carbocycles. The van der Waals surface area contributed by atoms with Crippen LogP contribution in [0.15, 0.2) is 0 Å². The minimum Gasteiger partial charge on any atom is -0.314 e. The van der Waals surface area contributed by atoms with E-state index in [0.29, 0.717) is 0 Å². The molecule has 0 aromatic rings. The molecular weight excluding hydrogens is 244 g/mol. The molecule has 1 spiro atoms. The first-order valence-corrected chi connectivity index (χ1v) is 9.14. The van der Waals surface area contributed by atoms with Gasteiger partial charge in [-0.2, -0.15) is 0 Å². The van der Waals surface area contributed by atoms with Crippen LogP contribution >= 0.6 is 0 Å². The van der Waals surface area contributed by atoms with Crippen LogP contribution in [0, 0.1) is 11.3 Å². The molecule has 1 saturated heterocycles. The molecule has 2 nitrogen and oxygen atoms in total. The molecule has 1 N–H and O–H groups in total. The summed E-state index contributed by atoms with van der Waals surface area (Å²) >= 11 is 0. The summed E-state index contributed by atoms with van der Waals surface area (Å²) in [5, 5.41) is 3.90. The highest BCUT2D eigenvalue weighted by atomic mass is 15.2. The highest BCUT2D eigenvalue weighted by molar-refractivity contribution is 4.91. The molecule has 1 heterocycles. The Kier molecular flexibility index (Phi) is 4.72. The van der Waals surface area contributed by atoms with Gasteiger partial charge >= 0.3 is 0 Å². The Morgan fingerprint density at radius 2 is 1.75 bits per heavy atom. The molecule has 0 bridgehead atoms. The molecule has 2 heteroatoms. The van der Waals surface area contributed by atoms with Gasteiger partial charge in [0.05, 0.1) is 0 Å². The fourth-order valence-corrected chi connectivity index (χ4v) is 4.89. The van der Waals surface area contributed by atoms with Crippen LogP contribution in [-0.4, -0.2) is 36.6 Å². The van der Waals surface area contributed by atoms with Crippen LogP contribution in [0.4, 0.5) is 0 Å². The van der Waals surface area contributed by atoms with E-state index in [2.05, 4.69) is 24.1 Å². The summed E-state index contributed by atoms with van der Waals surface area (Å²) in [6.07, 6.45) is 13.4. The third-order valence-corrected chi connectivity index (χ3v) is 6.45. The first kappa shape index (κ1) is 14.8. The van der Waals surface area contributed by atoms with E-state index in [1.807, 2.05) is 0 Å². The van der Waals surface area contributed by atoms with Gasteiger partial charge in [-0.1, -0.05) is 12.8 Å². The minimum atomic E-state index is 0.733. The van der Waals surface area contributed by atoms with Gasteiger partial charge in [0.25, 0.3) is 0 Å². The Morgan fingerprint density at radius 3 is 2.35 bits per heavy atom. The maximum atomic E-state index is 3.90. The van der Waals surface area contributed by atoms with Gasteiger partial charge in [-0.3, -0.25) is 0 Å². The number of nitrogens with zero attached hydrogens (tertiary/aromatic N) is 1. The lowest BCUT2D eigenvalue weighted by Crippen LogP contribution is -2.39. The molecule has 0 aromatic carbocycles. The number of hydrogen-bond acceptors (Lipinski definition) is 2. The summed E-state index contributed by atoms with van der Waals surface area (Å²) in [6.45, 7) is 8.57. The van der Waals surface area contributed by atoms with E-state index in [1.54, 1.807) is 0 Å². The summed E-state index contributed by atoms with van der Waals surface area (Å²) in [5.41, 5.74) is 0.792. The van der Waals surface area contributed by atoms with Crippen molar-refractivity contribution >= 4 is 0 Å². The van der Waals surface area contributed by atoms with Gasteiger partial charge in [0.2, 0.25) is 0 Å². The first-order chi connectivity index (χ1) is 9.67. The molecule has 1 aliphatic heterocycles. The molecular formula is C18H34N2. The maximum absolute atomic E-state index is 3.90. The zero-order valence-corrected chi connectivity index (χ0v) is 13.7. The van der Waals surface area contributed by atoms with E-state index >= 15 is 0 Å². The number of nitrogens with one attached hydrogen (secondary N) is 1. The molecule has 2 saturated carbocycles. The molecule has 0 aromatic heterocycles. The largest absolute Gasteiger partial charge is 0.314 e. The number of rotatable bonds is 4. The summed E-state index contributed by atoms with van der Waals surface area (Å²) in [6, 6.07) is 1.56. The van der Waals surface area contributed by atoms with Crippen molar-refractivity contribution in [2.45, 2.75) is 83.7 Å². The van der Waals surface area contributed by atoms with Crippen LogP contribution in [0.5, 0.6) is 0 Å². The lowest BCUT2D eigenvalue weighted by Gasteiger charge is -2.38. The molecule has 3 aliphatic rings. The average Bonchev–Trinajstić information content (AvgIpc) is 3.08. The Bertz CT molecular complexity index is 297. The normalized spacial score (nSPS) is 31.6. The van der Waals surface area contributed by atoms with E-state index in [0.717, 1.165) is 23.4 Å². The Labute approximate surface area is 125 Å². The van der Waals surface area contributed by atoms with Crippen LogP contribution in [0.25, 0.3) is 0 Å². The third-order valence-electron chi connectivity index (χ3n) is 6.45. The highest BCUT2D eigenvalue weighted by Gasteiger charge is 2.37. The Morgan fingerprint density at radius 1 is 1.05 bits per heavy atom. The Hall–Kier alpha value is -0.0800. The molecule has 1 unspecified atom stereocenters. The minimum absolute atomic E-state index is 0.733. The molecule has 20 heavy (non-hydrogen) atoms. The fourth-order valence-electron chi connectivity index (χ4n) is 4.89. The SMILES string of the molecule is CC(C)N1CCC(CNC2CCC3(CCCC3)CC2)C1. The van der Waals surface area contributed by atoms with Gasteiger partial charge in [0, 0.05) is 18.6 Å². The van der Waals surface area contributed by atoms with Crippen LogP contribution in [0.2, 0.25) is 0 Å².